The molecule has 0 aliphatic heterocycles. The molecule has 1 aromatic carbocycles. The molecule has 1 unspecified atom stereocenters. The van der Waals surface area contributed by atoms with Gasteiger partial charge in [0.05, 0.1) is 29.1 Å². The number of alkyl halides is 3. The molecule has 0 radical (unpaired) electrons. The van der Waals surface area contributed by atoms with Gasteiger partial charge in [-0.1, -0.05) is 24.3 Å². The van der Waals surface area contributed by atoms with E-state index >= 15 is 0 Å². The number of carbonyl (C=O) groups excluding carboxylic acids is 1. The first-order valence-corrected chi connectivity index (χ1v) is 9.40. The van der Waals surface area contributed by atoms with E-state index in [1.165, 1.54) is 6.20 Å². The maximum Gasteiger partial charge on any atom is 0.392 e. The van der Waals surface area contributed by atoms with Crippen molar-refractivity contribution >= 4 is 22.4 Å². The van der Waals surface area contributed by atoms with Crippen molar-refractivity contribution in [2.24, 2.45) is 5.92 Å². The number of carbonyl (C=O) groups is 1. The number of aliphatic hydroxyl groups excluding tert-OH is 1. The van der Waals surface area contributed by atoms with Gasteiger partial charge in [0.2, 0.25) is 0 Å². The predicted octanol–water partition coefficient (Wildman–Crippen LogP) is 4.24. The minimum atomic E-state index is -4.16. The lowest BCUT2D eigenvalue weighted by Crippen LogP contribution is -2.39. The van der Waals surface area contributed by atoms with Crippen LogP contribution in [0.15, 0.2) is 36.5 Å². The van der Waals surface area contributed by atoms with Gasteiger partial charge in [0.1, 0.15) is 0 Å². The number of para-hydroxylation sites is 1. The molecule has 1 heterocycles. The molecule has 0 saturated heterocycles. The van der Waals surface area contributed by atoms with Crippen LogP contribution in [0.1, 0.15) is 48.0 Å². The van der Waals surface area contributed by atoms with E-state index in [0.717, 1.165) is 29.4 Å². The molecular weight excluding hydrogens is 369 g/mol. The average molecular weight is 390 g/mol. The van der Waals surface area contributed by atoms with Gasteiger partial charge in [-0.2, -0.15) is 13.2 Å². The van der Waals surface area contributed by atoms with Crippen molar-refractivity contribution in [1.82, 2.24) is 10.3 Å². The molecule has 1 saturated carbocycles. The Morgan fingerprint density at radius 1 is 1.32 bits per heavy atom. The van der Waals surface area contributed by atoms with Crippen LogP contribution in [-0.4, -0.2) is 34.3 Å². The lowest BCUT2D eigenvalue weighted by Gasteiger charge is -2.24. The number of hydrogen-bond donors (Lipinski definition) is 2. The van der Waals surface area contributed by atoms with Gasteiger partial charge < -0.3 is 10.4 Å². The molecule has 1 amide bonds. The number of amides is 1. The molecule has 1 aromatic heterocycles. The van der Waals surface area contributed by atoms with Crippen LogP contribution >= 0.6 is 0 Å². The molecule has 2 N–H and O–H groups in total. The second kappa shape index (κ2) is 6.88. The quantitative estimate of drug-likeness (QED) is 0.821. The van der Waals surface area contributed by atoms with Crippen LogP contribution in [0.25, 0.3) is 16.5 Å². The van der Waals surface area contributed by atoms with E-state index in [0.29, 0.717) is 17.5 Å². The molecule has 2 aliphatic carbocycles. The molecule has 7 heteroatoms. The summed E-state index contributed by atoms with van der Waals surface area (Å²) in [5.41, 5.74) is 2.26. The Bertz CT molecular complexity index is 948. The second-order valence-electron chi connectivity index (χ2n) is 7.74. The smallest absolute Gasteiger partial charge is 0.392 e. The normalized spacial score (nSPS) is 21.3. The van der Waals surface area contributed by atoms with Crippen molar-refractivity contribution in [3.05, 3.63) is 47.7 Å². The molecule has 2 aliphatic rings. The fourth-order valence-corrected chi connectivity index (χ4v) is 3.71. The maximum absolute atomic E-state index is 12.9. The maximum atomic E-state index is 12.9. The number of rotatable bonds is 4. The number of benzene rings is 1. The summed E-state index contributed by atoms with van der Waals surface area (Å²) < 4.78 is 38.7. The first-order valence-electron chi connectivity index (χ1n) is 9.40. The van der Waals surface area contributed by atoms with Crippen LogP contribution < -0.4 is 5.32 Å². The lowest BCUT2D eigenvalue weighted by atomic mass is 9.85. The van der Waals surface area contributed by atoms with Crippen molar-refractivity contribution in [3.63, 3.8) is 0 Å². The number of aromatic nitrogens is 1. The van der Waals surface area contributed by atoms with Gasteiger partial charge in [0, 0.05) is 17.1 Å². The van der Waals surface area contributed by atoms with Gasteiger partial charge in [-0.25, -0.2) is 0 Å². The second-order valence-corrected chi connectivity index (χ2v) is 7.74. The Morgan fingerprint density at radius 2 is 2.11 bits per heavy atom. The van der Waals surface area contributed by atoms with Gasteiger partial charge in [-0.3, -0.25) is 9.78 Å². The third-order valence-electron chi connectivity index (χ3n) is 5.73. The first-order chi connectivity index (χ1) is 13.3. The summed E-state index contributed by atoms with van der Waals surface area (Å²) in [5, 5.41) is 13.0. The van der Waals surface area contributed by atoms with Crippen LogP contribution in [0, 0.1) is 5.92 Å². The molecule has 0 bridgehead atoms. The highest BCUT2D eigenvalue weighted by atomic mass is 19.4. The SMILES string of the molecule is O=C(NC1(CO)CC1)c1cnc2c(C3=CCC(C(F)(F)F)CC3)cccc2c1. The lowest BCUT2D eigenvalue weighted by molar-refractivity contribution is -0.175. The molecule has 1 fully saturated rings. The van der Waals surface area contributed by atoms with E-state index in [9.17, 15) is 23.1 Å². The summed E-state index contributed by atoms with van der Waals surface area (Å²) in [6.07, 6.45) is 0.920. The highest BCUT2D eigenvalue weighted by Crippen LogP contribution is 2.40. The van der Waals surface area contributed by atoms with Crippen LogP contribution in [0.3, 0.4) is 0 Å². The summed E-state index contributed by atoms with van der Waals surface area (Å²) in [6, 6.07) is 7.26. The average Bonchev–Trinajstić information content (AvgIpc) is 3.46. The number of fused-ring (bicyclic) bond motifs is 1. The number of pyridine rings is 1. The van der Waals surface area contributed by atoms with Gasteiger partial charge in [0.15, 0.2) is 0 Å². The van der Waals surface area contributed by atoms with Crippen LogP contribution in [0.2, 0.25) is 0 Å². The molecule has 4 nitrogen and oxygen atoms in total. The molecule has 0 spiro atoms. The largest absolute Gasteiger partial charge is 0.394 e. The van der Waals surface area contributed by atoms with Gasteiger partial charge in [-0.05, 0) is 43.7 Å². The first kappa shape index (κ1) is 18.9. The van der Waals surface area contributed by atoms with Crippen molar-refractivity contribution in [2.75, 3.05) is 6.61 Å². The third kappa shape index (κ3) is 3.63. The number of nitrogens with one attached hydrogen (secondary N) is 1. The van der Waals surface area contributed by atoms with Crippen molar-refractivity contribution < 1.29 is 23.1 Å². The Hall–Kier alpha value is -2.41. The Kier molecular flexibility index (Phi) is 4.65. The Balaban J connectivity index is 1.60. The molecular formula is C21H21F3N2O2. The van der Waals surface area contributed by atoms with Gasteiger partial charge in [-0.15, -0.1) is 0 Å². The fourth-order valence-electron chi connectivity index (χ4n) is 3.71. The molecule has 4 rings (SSSR count). The number of hydrogen-bond acceptors (Lipinski definition) is 3. The number of aliphatic hydroxyl groups is 1. The van der Waals surface area contributed by atoms with E-state index in [1.54, 1.807) is 12.1 Å². The molecule has 28 heavy (non-hydrogen) atoms. The number of nitrogens with zero attached hydrogens (tertiary/aromatic N) is 1. The highest BCUT2D eigenvalue weighted by Gasteiger charge is 2.43. The van der Waals surface area contributed by atoms with E-state index < -0.39 is 17.6 Å². The van der Waals surface area contributed by atoms with E-state index in [-0.39, 0.29) is 25.4 Å². The van der Waals surface area contributed by atoms with Crippen molar-refractivity contribution in [2.45, 2.75) is 43.8 Å². The topological polar surface area (TPSA) is 62.2 Å². The van der Waals surface area contributed by atoms with E-state index in [2.05, 4.69) is 10.3 Å². The number of halogens is 3. The van der Waals surface area contributed by atoms with Crippen LogP contribution in [0.5, 0.6) is 0 Å². The Labute approximate surface area is 160 Å². The third-order valence-corrected chi connectivity index (χ3v) is 5.73. The Morgan fingerprint density at radius 3 is 2.71 bits per heavy atom. The summed E-state index contributed by atoms with van der Waals surface area (Å²) in [6.45, 7) is -0.0863. The summed E-state index contributed by atoms with van der Waals surface area (Å²) in [5.74, 6) is -1.56. The monoisotopic (exact) mass is 390 g/mol. The zero-order valence-electron chi connectivity index (χ0n) is 15.2. The molecule has 1 atom stereocenters. The number of allylic oxidation sites excluding steroid dienone is 2. The van der Waals surface area contributed by atoms with Crippen molar-refractivity contribution in [3.8, 4) is 0 Å². The zero-order valence-corrected chi connectivity index (χ0v) is 15.2. The van der Waals surface area contributed by atoms with Gasteiger partial charge in [0.25, 0.3) is 5.91 Å². The van der Waals surface area contributed by atoms with Crippen LogP contribution in [0.4, 0.5) is 13.2 Å². The predicted molar refractivity (Wildman–Crippen MR) is 99.6 cm³/mol. The minimum absolute atomic E-state index is 0.0149. The summed E-state index contributed by atoms with van der Waals surface area (Å²) in [4.78, 5) is 16.9. The van der Waals surface area contributed by atoms with E-state index in [4.69, 9.17) is 0 Å². The highest BCUT2D eigenvalue weighted by molar-refractivity contribution is 5.99. The standard InChI is InChI=1S/C21H21F3N2O2/c22-21(23,24)16-6-4-13(5-7-16)17-3-1-2-14-10-15(11-25-18(14)17)19(28)26-20(12-27)8-9-20/h1-4,10-11,16,27H,5-9,12H2,(H,26,28). The summed E-state index contributed by atoms with van der Waals surface area (Å²) in [7, 11) is 0. The fraction of sp³-hybridized carbons (Fsp3) is 0.429. The minimum Gasteiger partial charge on any atom is -0.394 e. The van der Waals surface area contributed by atoms with E-state index in [1.807, 2.05) is 18.2 Å². The van der Waals surface area contributed by atoms with Crippen LogP contribution in [-0.2, 0) is 0 Å². The van der Waals surface area contributed by atoms with Crippen molar-refractivity contribution in [1.29, 1.82) is 0 Å². The molecule has 2 aromatic rings. The zero-order chi connectivity index (χ0) is 19.9. The van der Waals surface area contributed by atoms with Gasteiger partial charge >= 0.3 is 6.18 Å². The molecule has 148 valence electrons. The summed E-state index contributed by atoms with van der Waals surface area (Å²) >= 11 is 0.